The number of phenols is 1. The largest absolute Gasteiger partial charge is 0.508 e. The molecule has 1 heterocycles. The predicted molar refractivity (Wildman–Crippen MR) is 118 cm³/mol. The number of halogens is 1. The molecule has 4 rings (SSSR count). The Morgan fingerprint density at radius 3 is 2.55 bits per heavy atom. The summed E-state index contributed by atoms with van der Waals surface area (Å²) in [6, 6.07) is 19.0. The van der Waals surface area contributed by atoms with Crippen molar-refractivity contribution in [2.24, 2.45) is 4.99 Å². The number of anilines is 1. The fourth-order valence-electron chi connectivity index (χ4n) is 3.52. The SMILES string of the molecule is [B]c1ccccc1CC1N=C(c2ccc(O)cc2)c2cc(Cl)ccc2N(C)C1=O. The molecule has 3 aromatic carbocycles. The normalized spacial score (nSPS) is 16.2. The van der Waals surface area contributed by atoms with Crippen LogP contribution < -0.4 is 10.4 Å². The summed E-state index contributed by atoms with van der Waals surface area (Å²) in [7, 11) is 7.85. The van der Waals surface area contributed by atoms with Gasteiger partial charge in [-0.15, -0.1) is 0 Å². The molecule has 1 aliphatic heterocycles. The van der Waals surface area contributed by atoms with Gasteiger partial charge in [-0.25, -0.2) is 0 Å². The summed E-state index contributed by atoms with van der Waals surface area (Å²) >= 11 is 6.26. The summed E-state index contributed by atoms with van der Waals surface area (Å²) in [5.74, 6) is 0.0432. The van der Waals surface area contributed by atoms with E-state index in [0.717, 1.165) is 22.4 Å². The van der Waals surface area contributed by atoms with E-state index in [-0.39, 0.29) is 11.7 Å². The van der Waals surface area contributed by atoms with Crippen LogP contribution in [0.3, 0.4) is 0 Å². The Bertz CT molecular complexity index is 1110. The number of aromatic hydroxyl groups is 1. The minimum atomic E-state index is -0.639. The van der Waals surface area contributed by atoms with Crippen molar-refractivity contribution in [1.82, 2.24) is 0 Å². The van der Waals surface area contributed by atoms with E-state index in [1.807, 2.05) is 36.4 Å². The topological polar surface area (TPSA) is 52.9 Å². The molecule has 0 bridgehead atoms. The molecule has 2 radical (unpaired) electrons. The fourth-order valence-corrected chi connectivity index (χ4v) is 3.70. The summed E-state index contributed by atoms with van der Waals surface area (Å²) < 4.78 is 0. The molecule has 142 valence electrons. The summed E-state index contributed by atoms with van der Waals surface area (Å²) in [6.45, 7) is 0. The van der Waals surface area contributed by atoms with Gasteiger partial charge in [0.05, 0.1) is 11.4 Å². The van der Waals surface area contributed by atoms with E-state index >= 15 is 0 Å². The average molecular weight is 401 g/mol. The van der Waals surface area contributed by atoms with E-state index in [1.54, 1.807) is 42.3 Å². The number of likely N-dealkylation sites (N-methyl/N-ethyl adjacent to an activating group) is 1. The Kier molecular flexibility index (Phi) is 5.16. The molecular formula is C23H18BClN2O2. The molecule has 6 heteroatoms. The highest BCUT2D eigenvalue weighted by molar-refractivity contribution is 6.33. The number of phenolic OH excluding ortho intramolecular Hbond substituents is 1. The first-order valence-electron chi connectivity index (χ1n) is 9.22. The summed E-state index contributed by atoms with van der Waals surface area (Å²) in [5, 5.41) is 10.2. The van der Waals surface area contributed by atoms with E-state index in [1.165, 1.54) is 0 Å². The number of carbonyl (C=O) groups excluding carboxylic acids is 1. The standard InChI is InChI=1S/C23H18BClN2O2/c1-27-21-11-8-16(25)13-18(21)22(14-6-9-17(28)10-7-14)26-20(23(27)29)12-15-4-2-3-5-19(15)24/h2-11,13,20,28H,12H2,1H3. The van der Waals surface area contributed by atoms with Gasteiger partial charge in [0.25, 0.3) is 5.91 Å². The number of aliphatic imine (C=N–C) groups is 1. The van der Waals surface area contributed by atoms with Gasteiger partial charge in [-0.05, 0) is 42.5 Å². The van der Waals surface area contributed by atoms with Crippen molar-refractivity contribution >= 4 is 42.2 Å². The van der Waals surface area contributed by atoms with Gasteiger partial charge in [-0.3, -0.25) is 9.79 Å². The van der Waals surface area contributed by atoms with E-state index in [4.69, 9.17) is 24.4 Å². The van der Waals surface area contributed by atoms with Gasteiger partial charge in [0.1, 0.15) is 19.6 Å². The third-order valence-electron chi connectivity index (χ3n) is 5.08. The first-order chi connectivity index (χ1) is 13.9. The predicted octanol–water partition coefficient (Wildman–Crippen LogP) is 3.26. The lowest BCUT2D eigenvalue weighted by atomic mass is 9.87. The molecule has 0 aromatic heterocycles. The van der Waals surface area contributed by atoms with Gasteiger partial charge >= 0.3 is 0 Å². The van der Waals surface area contributed by atoms with Crippen LogP contribution in [0.5, 0.6) is 5.75 Å². The molecule has 1 unspecified atom stereocenters. The Morgan fingerprint density at radius 2 is 1.83 bits per heavy atom. The molecule has 4 nitrogen and oxygen atoms in total. The number of fused-ring (bicyclic) bond motifs is 1. The van der Waals surface area contributed by atoms with Crippen LogP contribution >= 0.6 is 11.6 Å². The van der Waals surface area contributed by atoms with Crippen LogP contribution in [0.4, 0.5) is 5.69 Å². The average Bonchev–Trinajstić information content (AvgIpc) is 2.81. The van der Waals surface area contributed by atoms with E-state index in [2.05, 4.69) is 0 Å². The lowest BCUT2D eigenvalue weighted by Gasteiger charge is -2.21. The maximum Gasteiger partial charge on any atom is 0.251 e. The molecule has 0 saturated carbocycles. The molecule has 0 saturated heterocycles. The Balaban J connectivity index is 1.88. The van der Waals surface area contributed by atoms with Crippen LogP contribution in [0, 0.1) is 0 Å². The lowest BCUT2D eigenvalue weighted by Crippen LogP contribution is -2.36. The molecule has 0 aliphatic carbocycles. The summed E-state index contributed by atoms with van der Waals surface area (Å²) in [4.78, 5) is 19.7. The van der Waals surface area contributed by atoms with Gasteiger partial charge in [0, 0.05) is 29.6 Å². The zero-order valence-corrected chi connectivity index (χ0v) is 16.6. The van der Waals surface area contributed by atoms with Crippen molar-refractivity contribution in [2.45, 2.75) is 12.5 Å². The van der Waals surface area contributed by atoms with Gasteiger partial charge < -0.3 is 10.0 Å². The Morgan fingerprint density at radius 1 is 1.10 bits per heavy atom. The number of hydrogen-bond acceptors (Lipinski definition) is 3. The van der Waals surface area contributed by atoms with Crippen molar-refractivity contribution in [3.63, 3.8) is 0 Å². The summed E-state index contributed by atoms with van der Waals surface area (Å²) in [6.07, 6.45) is 0.388. The number of benzodiazepines with no additional fused rings is 1. The van der Waals surface area contributed by atoms with Gasteiger partial charge in [-0.2, -0.15) is 0 Å². The maximum atomic E-state index is 13.2. The molecule has 0 spiro atoms. The number of nitrogens with zero attached hydrogens (tertiary/aromatic N) is 2. The molecule has 1 atom stereocenters. The Labute approximate surface area is 175 Å². The second-order valence-corrected chi connectivity index (χ2v) is 7.44. The Hall–Kier alpha value is -3.05. The molecule has 0 fully saturated rings. The minimum absolute atomic E-state index is 0.120. The zero-order chi connectivity index (χ0) is 20.5. The highest BCUT2D eigenvalue weighted by atomic mass is 35.5. The second-order valence-electron chi connectivity index (χ2n) is 7.00. The lowest BCUT2D eigenvalue weighted by molar-refractivity contribution is -0.119. The highest BCUT2D eigenvalue weighted by Gasteiger charge is 2.30. The zero-order valence-electron chi connectivity index (χ0n) is 15.8. The quantitative estimate of drug-likeness (QED) is 0.686. The van der Waals surface area contributed by atoms with Crippen molar-refractivity contribution in [3.05, 3.63) is 88.4 Å². The number of rotatable bonds is 3. The van der Waals surface area contributed by atoms with Crippen LogP contribution in [0.1, 0.15) is 16.7 Å². The van der Waals surface area contributed by atoms with Crippen molar-refractivity contribution in [1.29, 1.82) is 0 Å². The first kappa shape index (κ1) is 19.3. The third-order valence-corrected chi connectivity index (χ3v) is 5.32. The molecule has 1 N–H and O–H groups in total. The van der Waals surface area contributed by atoms with Crippen molar-refractivity contribution < 1.29 is 9.90 Å². The van der Waals surface area contributed by atoms with Crippen LogP contribution in [-0.4, -0.2) is 37.7 Å². The second kappa shape index (κ2) is 7.76. The van der Waals surface area contributed by atoms with Crippen LogP contribution in [0.2, 0.25) is 5.02 Å². The number of benzene rings is 3. The van der Waals surface area contributed by atoms with E-state index in [9.17, 15) is 9.90 Å². The van der Waals surface area contributed by atoms with Gasteiger partial charge in [0.15, 0.2) is 0 Å². The molecule has 3 aromatic rings. The molecule has 29 heavy (non-hydrogen) atoms. The first-order valence-corrected chi connectivity index (χ1v) is 9.60. The van der Waals surface area contributed by atoms with Gasteiger partial charge in [-0.1, -0.05) is 46.9 Å². The maximum absolute atomic E-state index is 13.2. The summed E-state index contributed by atoms with van der Waals surface area (Å²) in [5.41, 5.74) is 4.45. The van der Waals surface area contributed by atoms with Crippen LogP contribution in [0.15, 0.2) is 71.7 Å². The van der Waals surface area contributed by atoms with Crippen LogP contribution in [0.25, 0.3) is 0 Å². The fraction of sp³-hybridized carbons (Fsp3) is 0.130. The van der Waals surface area contributed by atoms with E-state index in [0.29, 0.717) is 22.6 Å². The third kappa shape index (κ3) is 3.78. The monoisotopic (exact) mass is 400 g/mol. The molecule has 1 aliphatic rings. The van der Waals surface area contributed by atoms with Gasteiger partial charge in [0.2, 0.25) is 0 Å². The molecular weight excluding hydrogens is 383 g/mol. The van der Waals surface area contributed by atoms with Crippen molar-refractivity contribution in [3.8, 4) is 5.75 Å². The molecule has 1 amide bonds. The van der Waals surface area contributed by atoms with Crippen molar-refractivity contribution in [2.75, 3.05) is 11.9 Å². The van der Waals surface area contributed by atoms with Crippen LogP contribution in [-0.2, 0) is 11.2 Å². The number of carbonyl (C=O) groups is 1. The van der Waals surface area contributed by atoms with E-state index < -0.39 is 6.04 Å². The smallest absolute Gasteiger partial charge is 0.251 e. The number of hydrogen-bond donors (Lipinski definition) is 1. The minimum Gasteiger partial charge on any atom is -0.508 e. The highest BCUT2D eigenvalue weighted by Crippen LogP contribution is 2.31. The number of amides is 1.